The van der Waals surface area contributed by atoms with Gasteiger partial charge in [-0.1, -0.05) is 26.0 Å². The summed E-state index contributed by atoms with van der Waals surface area (Å²) in [7, 11) is 0.173. The predicted molar refractivity (Wildman–Crippen MR) is 127 cm³/mol. The maximum atomic E-state index is 13.0. The third-order valence-electron chi connectivity index (χ3n) is 5.14. The first-order valence-electron chi connectivity index (χ1n) is 10.5. The lowest BCUT2D eigenvalue weighted by Gasteiger charge is -2.21. The van der Waals surface area contributed by atoms with E-state index in [0.29, 0.717) is 22.5 Å². The molecule has 0 saturated heterocycles. The first-order chi connectivity index (χ1) is 16.2. The molecule has 0 fully saturated rings. The molecule has 3 rings (SSSR count). The van der Waals surface area contributed by atoms with Gasteiger partial charge >= 0.3 is 5.97 Å². The molecule has 0 bridgehead atoms. The topological polar surface area (TPSA) is 129 Å². The SMILES string of the molecule is COC(=O)[C@@H](Nc1nc(CNS(=O)(=O)c2cc(OC)ccc2OC)nc2ccccc12)C(C)C. The van der Waals surface area contributed by atoms with Gasteiger partial charge in [0.1, 0.15) is 34.1 Å². The number of carbonyl (C=O) groups excluding carboxylic acids is 1. The highest BCUT2D eigenvalue weighted by molar-refractivity contribution is 7.89. The number of aromatic nitrogens is 2. The first-order valence-corrected chi connectivity index (χ1v) is 12.0. The number of sulfonamides is 1. The highest BCUT2D eigenvalue weighted by Crippen LogP contribution is 2.28. The van der Waals surface area contributed by atoms with Crippen LogP contribution in [0.3, 0.4) is 0 Å². The standard InChI is InChI=1S/C23H28N4O6S/c1-14(2)21(23(28)33-5)27-22-16-8-6-7-9-17(16)25-20(26-22)13-24-34(29,30)19-12-15(31-3)10-11-18(19)32-4/h6-12,14,21,24H,13H2,1-5H3,(H,25,26,27)/t21-/m0/s1. The van der Waals surface area contributed by atoms with Crippen molar-refractivity contribution in [2.75, 3.05) is 26.6 Å². The predicted octanol–water partition coefficient (Wildman–Crippen LogP) is 2.74. The largest absolute Gasteiger partial charge is 0.497 e. The van der Waals surface area contributed by atoms with Gasteiger partial charge in [-0.05, 0) is 30.2 Å². The fourth-order valence-corrected chi connectivity index (χ4v) is 4.48. The third kappa shape index (κ3) is 5.54. The number of anilines is 1. The molecule has 0 radical (unpaired) electrons. The van der Waals surface area contributed by atoms with Crippen LogP contribution in [0.15, 0.2) is 47.4 Å². The second-order valence-corrected chi connectivity index (χ2v) is 9.47. The molecular formula is C23H28N4O6S. The summed E-state index contributed by atoms with van der Waals surface area (Å²) < 4.78 is 43.8. The molecule has 182 valence electrons. The van der Waals surface area contributed by atoms with E-state index in [9.17, 15) is 13.2 Å². The van der Waals surface area contributed by atoms with Crippen molar-refractivity contribution in [1.82, 2.24) is 14.7 Å². The van der Waals surface area contributed by atoms with Gasteiger partial charge in [0.05, 0.1) is 33.4 Å². The molecule has 1 heterocycles. The summed E-state index contributed by atoms with van der Waals surface area (Å²) in [5.41, 5.74) is 0.598. The Kier molecular flexibility index (Phi) is 7.90. The minimum absolute atomic E-state index is 0.0703. The number of nitrogens with zero attached hydrogens (tertiary/aromatic N) is 2. The number of methoxy groups -OCH3 is 3. The van der Waals surface area contributed by atoms with Crippen LogP contribution in [0, 0.1) is 5.92 Å². The number of hydrogen-bond donors (Lipinski definition) is 2. The van der Waals surface area contributed by atoms with Crippen LogP contribution in [-0.4, -0.2) is 51.7 Å². The number of nitrogens with one attached hydrogen (secondary N) is 2. The van der Waals surface area contributed by atoms with E-state index in [0.717, 1.165) is 0 Å². The van der Waals surface area contributed by atoms with Gasteiger partial charge in [-0.2, -0.15) is 0 Å². The van der Waals surface area contributed by atoms with Gasteiger partial charge in [0.25, 0.3) is 0 Å². The Balaban J connectivity index is 1.95. The van der Waals surface area contributed by atoms with Crippen molar-refractivity contribution in [3.8, 4) is 11.5 Å². The normalized spacial score (nSPS) is 12.4. The lowest BCUT2D eigenvalue weighted by Crippen LogP contribution is -2.36. The zero-order chi connectivity index (χ0) is 24.9. The van der Waals surface area contributed by atoms with Crippen LogP contribution in [0.1, 0.15) is 19.7 Å². The number of hydrogen-bond acceptors (Lipinski definition) is 9. The summed E-state index contributed by atoms with van der Waals surface area (Å²) in [5.74, 6) is 0.667. The van der Waals surface area contributed by atoms with Gasteiger partial charge in [-0.15, -0.1) is 0 Å². The van der Waals surface area contributed by atoms with Gasteiger partial charge < -0.3 is 19.5 Å². The number of rotatable bonds is 10. The Labute approximate surface area is 198 Å². The number of carbonyl (C=O) groups is 1. The maximum absolute atomic E-state index is 13.0. The molecule has 0 aliphatic rings. The summed E-state index contributed by atoms with van der Waals surface area (Å²) >= 11 is 0. The van der Waals surface area contributed by atoms with E-state index in [4.69, 9.17) is 14.2 Å². The van der Waals surface area contributed by atoms with Crippen molar-refractivity contribution >= 4 is 32.7 Å². The molecule has 0 unspecified atom stereocenters. The van der Waals surface area contributed by atoms with Gasteiger partial charge in [0, 0.05) is 11.5 Å². The highest BCUT2D eigenvalue weighted by atomic mass is 32.2. The van der Waals surface area contributed by atoms with Crippen molar-refractivity contribution in [1.29, 1.82) is 0 Å². The van der Waals surface area contributed by atoms with Crippen molar-refractivity contribution in [2.24, 2.45) is 5.92 Å². The van der Waals surface area contributed by atoms with Crippen molar-refractivity contribution in [3.63, 3.8) is 0 Å². The lowest BCUT2D eigenvalue weighted by molar-refractivity contribution is -0.142. The monoisotopic (exact) mass is 488 g/mol. The fourth-order valence-electron chi connectivity index (χ4n) is 3.32. The molecule has 11 heteroatoms. The Morgan fingerprint density at radius 1 is 1.03 bits per heavy atom. The molecule has 3 aromatic rings. The van der Waals surface area contributed by atoms with Crippen molar-refractivity contribution < 1.29 is 27.4 Å². The smallest absolute Gasteiger partial charge is 0.328 e. The molecule has 0 aliphatic heterocycles. The molecule has 2 N–H and O–H groups in total. The summed E-state index contributed by atoms with van der Waals surface area (Å²) in [4.78, 5) is 21.2. The lowest BCUT2D eigenvalue weighted by atomic mass is 10.0. The number of benzene rings is 2. The van der Waals surface area contributed by atoms with Crippen molar-refractivity contribution in [2.45, 2.75) is 31.3 Å². The van der Waals surface area contributed by atoms with Crippen LogP contribution in [0.25, 0.3) is 10.9 Å². The quantitative estimate of drug-likeness (QED) is 0.414. The summed E-state index contributed by atoms with van der Waals surface area (Å²) in [6.45, 7) is 3.58. The minimum Gasteiger partial charge on any atom is -0.497 e. The van der Waals surface area contributed by atoms with E-state index in [-0.39, 0.29) is 28.9 Å². The molecule has 0 spiro atoms. The number of fused-ring (bicyclic) bond motifs is 1. The Bertz CT molecular complexity index is 1280. The van der Waals surface area contributed by atoms with Crippen LogP contribution in [0.5, 0.6) is 11.5 Å². The summed E-state index contributed by atoms with van der Waals surface area (Å²) in [5, 5.41) is 3.83. The number of esters is 1. The van der Waals surface area contributed by atoms with Crippen LogP contribution in [-0.2, 0) is 26.1 Å². The van der Waals surface area contributed by atoms with Gasteiger partial charge in [0.15, 0.2) is 0 Å². The van der Waals surface area contributed by atoms with Crippen LogP contribution < -0.4 is 19.5 Å². The Morgan fingerprint density at radius 2 is 1.76 bits per heavy atom. The fraction of sp³-hybridized carbons (Fsp3) is 0.348. The molecule has 0 amide bonds. The first kappa shape index (κ1) is 25.2. The zero-order valence-electron chi connectivity index (χ0n) is 19.7. The summed E-state index contributed by atoms with van der Waals surface area (Å²) in [6.07, 6.45) is 0. The molecule has 10 nitrogen and oxygen atoms in total. The van der Waals surface area contributed by atoms with Crippen LogP contribution in [0.4, 0.5) is 5.82 Å². The van der Waals surface area contributed by atoms with Crippen LogP contribution >= 0.6 is 0 Å². The van der Waals surface area contributed by atoms with Gasteiger partial charge in [0.2, 0.25) is 10.0 Å². The summed E-state index contributed by atoms with van der Waals surface area (Å²) in [6, 6.07) is 11.1. The molecule has 1 atom stereocenters. The minimum atomic E-state index is -3.98. The van der Waals surface area contributed by atoms with Gasteiger partial charge in [-0.25, -0.2) is 27.9 Å². The number of para-hydroxylation sites is 1. The Morgan fingerprint density at radius 3 is 2.41 bits per heavy atom. The maximum Gasteiger partial charge on any atom is 0.328 e. The zero-order valence-corrected chi connectivity index (χ0v) is 20.5. The van der Waals surface area contributed by atoms with E-state index < -0.39 is 22.0 Å². The second-order valence-electron chi connectivity index (χ2n) is 7.74. The van der Waals surface area contributed by atoms with E-state index in [1.807, 2.05) is 32.0 Å². The van der Waals surface area contributed by atoms with E-state index in [2.05, 4.69) is 20.0 Å². The van der Waals surface area contributed by atoms with E-state index in [1.165, 1.54) is 33.5 Å². The second kappa shape index (κ2) is 10.7. The molecule has 34 heavy (non-hydrogen) atoms. The average Bonchev–Trinajstić information content (AvgIpc) is 2.84. The molecule has 2 aromatic carbocycles. The van der Waals surface area contributed by atoms with Gasteiger partial charge in [-0.3, -0.25) is 0 Å². The average molecular weight is 489 g/mol. The molecule has 0 saturated carbocycles. The number of ether oxygens (including phenoxy) is 3. The molecule has 0 aliphatic carbocycles. The van der Waals surface area contributed by atoms with Crippen molar-refractivity contribution in [3.05, 3.63) is 48.3 Å². The van der Waals surface area contributed by atoms with E-state index in [1.54, 1.807) is 12.1 Å². The molecular weight excluding hydrogens is 460 g/mol. The molecule has 1 aromatic heterocycles. The highest BCUT2D eigenvalue weighted by Gasteiger charge is 2.25. The van der Waals surface area contributed by atoms with E-state index >= 15 is 0 Å². The Hall–Kier alpha value is -3.44. The third-order valence-corrected chi connectivity index (χ3v) is 6.57. The van der Waals surface area contributed by atoms with Crippen LogP contribution in [0.2, 0.25) is 0 Å².